The van der Waals surface area contributed by atoms with Crippen molar-refractivity contribution in [2.75, 3.05) is 43.3 Å². The summed E-state index contributed by atoms with van der Waals surface area (Å²) in [5, 5.41) is 15.5. The molecule has 8 rings (SSSR count). The summed E-state index contributed by atoms with van der Waals surface area (Å²) in [6, 6.07) is 13.1. The van der Waals surface area contributed by atoms with Gasteiger partial charge in [0.25, 0.3) is 5.56 Å². The number of nitrogens with one attached hydrogen (secondary N) is 3. The smallest absolute Gasteiger partial charge is 0.301 e. The van der Waals surface area contributed by atoms with Crippen molar-refractivity contribution in [3.05, 3.63) is 88.0 Å². The summed E-state index contributed by atoms with van der Waals surface area (Å²) < 4.78 is 73.0. The minimum absolute atomic E-state index is 0.0631. The van der Waals surface area contributed by atoms with Gasteiger partial charge in [-0.2, -0.15) is 18.0 Å². The van der Waals surface area contributed by atoms with Crippen LogP contribution in [0.2, 0.25) is 0 Å². The van der Waals surface area contributed by atoms with Crippen molar-refractivity contribution in [3.63, 3.8) is 0 Å². The van der Waals surface area contributed by atoms with Crippen molar-refractivity contribution in [1.29, 1.82) is 5.26 Å². The highest BCUT2D eigenvalue weighted by atomic mass is 32.2. The van der Waals surface area contributed by atoms with Crippen molar-refractivity contribution in [2.24, 2.45) is 0 Å². The third-order valence-electron chi connectivity index (χ3n) is 12.8. The Morgan fingerprint density at radius 2 is 1.79 bits per heavy atom. The van der Waals surface area contributed by atoms with Crippen LogP contribution in [0, 0.1) is 23.0 Å². The Morgan fingerprint density at radius 3 is 2.49 bits per heavy atom. The Bertz CT molecular complexity index is 2570. The van der Waals surface area contributed by atoms with E-state index in [0.29, 0.717) is 42.3 Å². The van der Waals surface area contributed by atoms with Gasteiger partial charge in [0.1, 0.15) is 29.2 Å². The molecule has 1 spiro atoms. The minimum Gasteiger partial charge on any atom is -0.453 e. The first-order valence-corrected chi connectivity index (χ1v) is 22.1. The summed E-state index contributed by atoms with van der Waals surface area (Å²) in [7, 11) is -2.66. The number of hydrogen-bond acceptors (Lipinski definition) is 11. The molecular formula is C43H48F2N8O7S. The summed E-state index contributed by atoms with van der Waals surface area (Å²) in [5.74, 6) is -2.19. The number of hydrogen-bond donors (Lipinski definition) is 3. The number of imide groups is 1. The molecule has 15 nitrogen and oxygen atoms in total. The molecule has 1 aliphatic carbocycles. The molecule has 4 aliphatic rings. The van der Waals surface area contributed by atoms with Crippen LogP contribution in [0.15, 0.2) is 59.7 Å². The van der Waals surface area contributed by atoms with E-state index in [-0.39, 0.29) is 70.2 Å². The maximum Gasteiger partial charge on any atom is 0.301 e. The van der Waals surface area contributed by atoms with Gasteiger partial charge in [0.15, 0.2) is 11.6 Å². The summed E-state index contributed by atoms with van der Waals surface area (Å²) >= 11 is 0. The lowest BCUT2D eigenvalue weighted by atomic mass is 9.79. The predicted octanol–water partition coefficient (Wildman–Crippen LogP) is 5.69. The summed E-state index contributed by atoms with van der Waals surface area (Å²) in [6.45, 7) is 3.85. The first kappa shape index (κ1) is 42.2. The van der Waals surface area contributed by atoms with E-state index in [0.717, 1.165) is 68.1 Å². The fraction of sp³-hybridized carbons (Fsp3) is 0.465. The molecule has 61 heavy (non-hydrogen) atoms. The number of aromatic nitrogens is 2. The van der Waals surface area contributed by atoms with E-state index >= 15 is 8.78 Å². The number of ether oxygens (including phenoxy) is 2. The number of nitrogens with zero attached hydrogens (tertiary/aromatic N) is 5. The average Bonchev–Trinajstić information content (AvgIpc) is 3.66. The van der Waals surface area contributed by atoms with Gasteiger partial charge in [-0.05, 0) is 105 Å². The van der Waals surface area contributed by atoms with Gasteiger partial charge in [-0.25, -0.2) is 13.8 Å². The number of fused-ring (bicyclic) bond motifs is 1. The highest BCUT2D eigenvalue weighted by Crippen LogP contribution is 2.43. The van der Waals surface area contributed by atoms with E-state index in [1.165, 1.54) is 31.6 Å². The van der Waals surface area contributed by atoms with Crippen molar-refractivity contribution < 1.29 is 36.3 Å². The van der Waals surface area contributed by atoms with E-state index < -0.39 is 33.7 Å². The third-order valence-corrected chi connectivity index (χ3v) is 14.4. The van der Waals surface area contributed by atoms with Gasteiger partial charge in [0, 0.05) is 44.8 Å². The molecule has 4 heterocycles. The summed E-state index contributed by atoms with van der Waals surface area (Å²) in [5.41, 5.74) is 0.389. The number of carbonyl (C=O) groups is 2. The number of anilines is 2. The first-order chi connectivity index (χ1) is 29.3. The van der Waals surface area contributed by atoms with Gasteiger partial charge in [-0.15, -0.1) is 0 Å². The van der Waals surface area contributed by atoms with Crippen LogP contribution in [0.5, 0.6) is 11.5 Å². The number of carbonyl (C=O) groups excluding carboxylic acids is 2. The lowest BCUT2D eigenvalue weighted by Gasteiger charge is -2.44. The maximum atomic E-state index is 15.4. The number of amides is 2. The number of halogens is 2. The van der Waals surface area contributed by atoms with Crippen LogP contribution in [0.25, 0.3) is 10.9 Å². The molecule has 3 aliphatic heterocycles. The fourth-order valence-electron chi connectivity index (χ4n) is 9.17. The molecule has 1 saturated carbocycles. The molecule has 0 radical (unpaired) electrons. The van der Waals surface area contributed by atoms with E-state index in [1.807, 2.05) is 18.2 Å². The highest BCUT2D eigenvalue weighted by Gasteiger charge is 2.45. The number of likely N-dealkylation sites (tertiary alicyclic amines) is 1. The number of rotatable bonds is 11. The lowest BCUT2D eigenvalue weighted by molar-refractivity contribution is -0.133. The molecule has 3 saturated heterocycles. The largest absolute Gasteiger partial charge is 0.453 e. The zero-order valence-electron chi connectivity index (χ0n) is 34.0. The highest BCUT2D eigenvalue weighted by molar-refractivity contribution is 7.90. The standard InChI is InChI=1S/C43H48F2N8O7S/c1-3-51(2)61(57,58)50-37-13-11-34(44)40(33(37)23-46)60-30-9-12-36-32(21-30)42(56)53(25-47-36)29-22-43(59-24-29)16-18-52(19-17-43)28-7-4-26(5-8-28)31-10-6-27(20-35(31)45)48-38-14-15-39(54)49-41(38)55/h6,9-13,20-21,25-26,28-29,38,48,50H,3-5,7-8,14-19,22,24H2,1-2H3,(H,49,54,55)/t26?,28?,29-,38+/m1/s1. The van der Waals surface area contributed by atoms with Crippen molar-refractivity contribution in [1.82, 2.24) is 24.1 Å². The zero-order chi connectivity index (χ0) is 43.1. The first-order valence-electron chi connectivity index (χ1n) is 20.7. The van der Waals surface area contributed by atoms with Crippen molar-refractivity contribution >= 4 is 44.3 Å². The molecule has 3 N–H and O–H groups in total. The Labute approximate surface area is 352 Å². The van der Waals surface area contributed by atoms with E-state index in [2.05, 4.69) is 25.2 Å². The van der Waals surface area contributed by atoms with E-state index in [4.69, 9.17) is 9.47 Å². The van der Waals surface area contributed by atoms with Crippen LogP contribution in [0.1, 0.15) is 87.8 Å². The molecule has 4 aromatic rings. The molecular weight excluding hydrogens is 811 g/mol. The molecule has 3 aromatic carbocycles. The molecule has 0 unspecified atom stereocenters. The van der Waals surface area contributed by atoms with Gasteiger partial charge in [0.05, 0.1) is 41.2 Å². The van der Waals surface area contributed by atoms with Crippen LogP contribution in [-0.2, 0) is 24.5 Å². The van der Waals surface area contributed by atoms with Crippen LogP contribution >= 0.6 is 0 Å². The minimum atomic E-state index is -4.02. The molecule has 2 amide bonds. The van der Waals surface area contributed by atoms with E-state index in [1.54, 1.807) is 17.6 Å². The normalized spacial score (nSPS) is 23.2. The van der Waals surface area contributed by atoms with Gasteiger partial charge in [0.2, 0.25) is 11.8 Å². The SMILES string of the molecule is CCN(C)S(=O)(=O)Nc1ccc(F)c(Oc2ccc3ncn([C@H]4COC5(CCN(C6CCC(c7ccc(N[C@H]8CCC(=O)NC8=O)cc7F)CC6)CC5)C4)c(=O)c3c2)c1C#N. The van der Waals surface area contributed by atoms with Crippen LogP contribution < -0.4 is 25.7 Å². The monoisotopic (exact) mass is 858 g/mol. The number of nitriles is 1. The van der Waals surface area contributed by atoms with Crippen molar-refractivity contribution in [3.8, 4) is 17.6 Å². The quantitative estimate of drug-likeness (QED) is 0.157. The average molecular weight is 859 g/mol. The topological polar surface area (TPSA) is 188 Å². The van der Waals surface area contributed by atoms with Gasteiger partial charge in [-0.3, -0.25) is 29.0 Å². The molecule has 0 bridgehead atoms. The second-order valence-electron chi connectivity index (χ2n) is 16.4. The molecule has 322 valence electrons. The Morgan fingerprint density at radius 1 is 1.02 bits per heavy atom. The molecule has 2 atom stereocenters. The second kappa shape index (κ2) is 17.1. The number of benzene rings is 3. The van der Waals surface area contributed by atoms with Crippen LogP contribution in [0.3, 0.4) is 0 Å². The van der Waals surface area contributed by atoms with E-state index in [9.17, 15) is 28.1 Å². The molecule has 1 aromatic heterocycles. The van der Waals surface area contributed by atoms with Gasteiger partial charge >= 0.3 is 10.2 Å². The maximum absolute atomic E-state index is 15.4. The van der Waals surface area contributed by atoms with Crippen LogP contribution in [-0.4, -0.2) is 90.0 Å². The summed E-state index contributed by atoms with van der Waals surface area (Å²) in [4.78, 5) is 44.6. The number of piperidine rings is 2. The predicted molar refractivity (Wildman–Crippen MR) is 222 cm³/mol. The second-order valence-corrected chi connectivity index (χ2v) is 18.2. The summed E-state index contributed by atoms with van der Waals surface area (Å²) in [6.07, 6.45) is 8.03. The lowest BCUT2D eigenvalue weighted by Crippen LogP contribution is -2.49. The Kier molecular flexibility index (Phi) is 11.8. The molecule has 18 heteroatoms. The zero-order valence-corrected chi connectivity index (χ0v) is 34.8. The fourth-order valence-corrected chi connectivity index (χ4v) is 10.1. The van der Waals surface area contributed by atoms with Crippen LogP contribution in [0.4, 0.5) is 20.2 Å². The Balaban J connectivity index is 0.878. The van der Waals surface area contributed by atoms with Gasteiger partial charge in [-0.1, -0.05) is 13.0 Å². The Hall–Kier alpha value is -5.48. The van der Waals surface area contributed by atoms with Gasteiger partial charge < -0.3 is 19.7 Å². The van der Waals surface area contributed by atoms with Crippen molar-refractivity contribution in [2.45, 2.75) is 94.4 Å². The third kappa shape index (κ3) is 8.69. The molecule has 4 fully saturated rings.